The molecule has 0 unspecified atom stereocenters. The van der Waals surface area contributed by atoms with E-state index in [4.69, 9.17) is 16.0 Å². The van der Waals surface area contributed by atoms with Gasteiger partial charge in [-0.15, -0.1) is 0 Å². The van der Waals surface area contributed by atoms with E-state index in [0.29, 0.717) is 21.6 Å². The molecule has 0 fully saturated rings. The van der Waals surface area contributed by atoms with E-state index in [2.05, 4.69) is 5.10 Å². The quantitative estimate of drug-likeness (QED) is 0.607. The Morgan fingerprint density at radius 1 is 1.41 bits per heavy atom. The van der Waals surface area contributed by atoms with Gasteiger partial charge < -0.3 is 9.43 Å². The lowest BCUT2D eigenvalue weighted by molar-refractivity contribution is 0.440. The van der Waals surface area contributed by atoms with Gasteiger partial charge >= 0.3 is 0 Å². The smallest absolute Gasteiger partial charge is 0.201 e. The normalized spacial score (nSPS) is 11.2. The Kier molecular flexibility index (Phi) is 3.15. The first-order chi connectivity index (χ1) is 8.08. The molecular formula is C12H11ClN2O2. The standard InChI is InChI=1S/C12H11ClN2O2/c1-15(2)14-6-8-7-17-11-4-3-9(13)5-10(11)12(8)16/h3-7H,1-2H3/b14-6+. The maximum absolute atomic E-state index is 12.1. The van der Waals surface area contributed by atoms with Gasteiger partial charge in [-0.25, -0.2) is 0 Å². The van der Waals surface area contributed by atoms with E-state index in [1.807, 2.05) is 0 Å². The van der Waals surface area contributed by atoms with Crippen LogP contribution in [0.4, 0.5) is 0 Å². The summed E-state index contributed by atoms with van der Waals surface area (Å²) < 4.78 is 5.34. The zero-order chi connectivity index (χ0) is 12.4. The van der Waals surface area contributed by atoms with E-state index in [0.717, 1.165) is 0 Å². The SMILES string of the molecule is CN(C)/N=C/c1coc2ccc(Cl)cc2c1=O. The molecular weight excluding hydrogens is 240 g/mol. The summed E-state index contributed by atoms with van der Waals surface area (Å²) in [4.78, 5) is 12.1. The topological polar surface area (TPSA) is 45.8 Å². The van der Waals surface area contributed by atoms with Gasteiger partial charge in [-0.1, -0.05) is 11.6 Å². The number of fused-ring (bicyclic) bond motifs is 1. The second kappa shape index (κ2) is 4.59. The fourth-order valence-corrected chi connectivity index (χ4v) is 1.56. The van der Waals surface area contributed by atoms with Crippen LogP contribution in [0.3, 0.4) is 0 Å². The average Bonchev–Trinajstić information content (AvgIpc) is 2.29. The number of halogens is 1. The lowest BCUT2D eigenvalue weighted by atomic mass is 10.2. The minimum absolute atomic E-state index is 0.139. The van der Waals surface area contributed by atoms with Crippen LogP contribution >= 0.6 is 11.6 Å². The van der Waals surface area contributed by atoms with E-state index in [1.54, 1.807) is 37.3 Å². The first-order valence-electron chi connectivity index (χ1n) is 5.00. The van der Waals surface area contributed by atoms with Crippen molar-refractivity contribution in [3.05, 3.63) is 45.3 Å². The molecule has 2 rings (SSSR count). The Morgan fingerprint density at radius 2 is 2.18 bits per heavy atom. The Labute approximate surface area is 103 Å². The summed E-state index contributed by atoms with van der Waals surface area (Å²) in [5.41, 5.74) is 0.772. The largest absolute Gasteiger partial charge is 0.463 e. The number of hydrogen-bond donors (Lipinski definition) is 0. The van der Waals surface area contributed by atoms with Gasteiger partial charge in [0.05, 0.1) is 17.2 Å². The number of hydrogen-bond acceptors (Lipinski definition) is 4. The van der Waals surface area contributed by atoms with Gasteiger partial charge in [0, 0.05) is 19.1 Å². The molecule has 0 bridgehead atoms. The van der Waals surface area contributed by atoms with Crippen LogP contribution in [0.25, 0.3) is 11.0 Å². The summed E-state index contributed by atoms with van der Waals surface area (Å²) >= 11 is 5.85. The van der Waals surface area contributed by atoms with Gasteiger partial charge in [0.2, 0.25) is 5.43 Å². The highest BCUT2D eigenvalue weighted by atomic mass is 35.5. The van der Waals surface area contributed by atoms with Crippen molar-refractivity contribution in [2.75, 3.05) is 14.1 Å². The van der Waals surface area contributed by atoms with Crippen molar-refractivity contribution in [2.45, 2.75) is 0 Å². The molecule has 0 amide bonds. The highest BCUT2D eigenvalue weighted by Crippen LogP contribution is 2.16. The van der Waals surface area contributed by atoms with Gasteiger partial charge in [-0.2, -0.15) is 5.10 Å². The highest BCUT2D eigenvalue weighted by Gasteiger charge is 2.05. The molecule has 0 saturated heterocycles. The van der Waals surface area contributed by atoms with Crippen LogP contribution in [-0.2, 0) is 0 Å². The number of benzene rings is 1. The van der Waals surface area contributed by atoms with Crippen LogP contribution < -0.4 is 5.43 Å². The van der Waals surface area contributed by atoms with Gasteiger partial charge in [-0.05, 0) is 18.2 Å². The van der Waals surface area contributed by atoms with Gasteiger partial charge in [0.25, 0.3) is 0 Å². The molecule has 2 aromatic rings. The molecule has 0 N–H and O–H groups in total. The number of nitrogens with zero attached hydrogens (tertiary/aromatic N) is 2. The molecule has 0 radical (unpaired) electrons. The van der Waals surface area contributed by atoms with Crippen LogP contribution in [0.15, 0.2) is 38.8 Å². The average molecular weight is 251 g/mol. The van der Waals surface area contributed by atoms with Gasteiger partial charge in [0.1, 0.15) is 11.8 Å². The molecule has 5 heteroatoms. The van der Waals surface area contributed by atoms with E-state index in [9.17, 15) is 4.79 Å². The summed E-state index contributed by atoms with van der Waals surface area (Å²) in [5.74, 6) is 0. The molecule has 1 aromatic heterocycles. The van der Waals surface area contributed by atoms with E-state index >= 15 is 0 Å². The third-order valence-electron chi connectivity index (χ3n) is 2.19. The summed E-state index contributed by atoms with van der Waals surface area (Å²) in [6.07, 6.45) is 2.86. The van der Waals surface area contributed by atoms with E-state index in [1.165, 1.54) is 12.5 Å². The van der Waals surface area contributed by atoms with Crippen molar-refractivity contribution >= 4 is 28.8 Å². The molecule has 0 saturated carbocycles. The maximum Gasteiger partial charge on any atom is 0.201 e. The predicted molar refractivity (Wildman–Crippen MR) is 68.8 cm³/mol. The molecule has 0 aliphatic heterocycles. The summed E-state index contributed by atoms with van der Waals surface area (Å²) in [7, 11) is 3.55. The van der Waals surface area contributed by atoms with Crippen molar-refractivity contribution < 1.29 is 4.42 Å². The molecule has 1 aromatic carbocycles. The van der Waals surface area contributed by atoms with Crippen molar-refractivity contribution in [1.29, 1.82) is 0 Å². The van der Waals surface area contributed by atoms with E-state index < -0.39 is 0 Å². The third-order valence-corrected chi connectivity index (χ3v) is 2.42. The molecule has 0 aliphatic carbocycles. The van der Waals surface area contributed by atoms with Gasteiger partial charge in [-0.3, -0.25) is 4.79 Å². The maximum atomic E-state index is 12.1. The zero-order valence-corrected chi connectivity index (χ0v) is 10.2. The second-order valence-corrected chi connectivity index (χ2v) is 4.19. The minimum Gasteiger partial charge on any atom is -0.463 e. The minimum atomic E-state index is -0.139. The molecule has 17 heavy (non-hydrogen) atoms. The molecule has 0 aliphatic rings. The lowest BCUT2D eigenvalue weighted by Gasteiger charge is -2.02. The third kappa shape index (κ3) is 2.47. The first-order valence-corrected chi connectivity index (χ1v) is 5.38. The summed E-state index contributed by atoms with van der Waals surface area (Å²) in [6.45, 7) is 0. The lowest BCUT2D eigenvalue weighted by Crippen LogP contribution is -2.10. The first kappa shape index (κ1) is 11.7. The Hall–Kier alpha value is -1.81. The van der Waals surface area contributed by atoms with E-state index in [-0.39, 0.29) is 5.43 Å². The van der Waals surface area contributed by atoms with Gasteiger partial charge in [0.15, 0.2) is 0 Å². The Morgan fingerprint density at radius 3 is 2.88 bits per heavy atom. The highest BCUT2D eigenvalue weighted by molar-refractivity contribution is 6.31. The van der Waals surface area contributed by atoms with Crippen LogP contribution in [0, 0.1) is 0 Å². The predicted octanol–water partition coefficient (Wildman–Crippen LogP) is 2.34. The molecule has 88 valence electrons. The summed E-state index contributed by atoms with van der Waals surface area (Å²) in [6, 6.07) is 4.95. The number of rotatable bonds is 2. The van der Waals surface area contributed by atoms with Crippen molar-refractivity contribution in [3.8, 4) is 0 Å². The van der Waals surface area contributed by atoms with Crippen molar-refractivity contribution in [3.63, 3.8) is 0 Å². The summed E-state index contributed by atoms with van der Waals surface area (Å²) in [5, 5.41) is 6.56. The van der Waals surface area contributed by atoms with Crippen LogP contribution in [-0.4, -0.2) is 25.3 Å². The Bertz CT molecular complexity index is 632. The second-order valence-electron chi connectivity index (χ2n) is 3.75. The fraction of sp³-hybridized carbons (Fsp3) is 0.167. The van der Waals surface area contributed by atoms with Crippen LogP contribution in [0.5, 0.6) is 0 Å². The zero-order valence-electron chi connectivity index (χ0n) is 9.48. The van der Waals surface area contributed by atoms with Crippen molar-refractivity contribution in [1.82, 2.24) is 5.01 Å². The fourth-order valence-electron chi connectivity index (χ4n) is 1.39. The molecule has 4 nitrogen and oxygen atoms in total. The number of hydrazone groups is 1. The molecule has 0 spiro atoms. The van der Waals surface area contributed by atoms with Crippen molar-refractivity contribution in [2.24, 2.45) is 5.10 Å². The van der Waals surface area contributed by atoms with Crippen LogP contribution in [0.1, 0.15) is 5.56 Å². The molecule has 1 heterocycles. The van der Waals surface area contributed by atoms with Crippen LogP contribution in [0.2, 0.25) is 5.02 Å². The monoisotopic (exact) mass is 250 g/mol. The molecule has 0 atom stereocenters. The Balaban J connectivity index is 2.61.